The molecule has 1 atom stereocenters. The van der Waals surface area contributed by atoms with Gasteiger partial charge in [0.2, 0.25) is 5.91 Å². The number of aromatic hydroxyl groups is 2. The Kier molecular flexibility index (Phi) is 17.3. The van der Waals surface area contributed by atoms with Crippen LogP contribution in [-0.4, -0.2) is 34.7 Å². The van der Waals surface area contributed by atoms with E-state index in [1.165, 1.54) is 70.6 Å². The first-order valence-electron chi connectivity index (χ1n) is 15.5. The van der Waals surface area contributed by atoms with Crippen molar-refractivity contribution < 1.29 is 24.5 Å². The number of amides is 1. The van der Waals surface area contributed by atoms with Gasteiger partial charge in [0.15, 0.2) is 0 Å². The van der Waals surface area contributed by atoms with E-state index in [9.17, 15) is 19.8 Å². The number of hydrogen-bond donors (Lipinski definition) is 3. The van der Waals surface area contributed by atoms with Crippen molar-refractivity contribution in [1.29, 1.82) is 0 Å². The van der Waals surface area contributed by atoms with E-state index in [2.05, 4.69) is 12.2 Å². The van der Waals surface area contributed by atoms with Gasteiger partial charge in [-0.25, -0.2) is 4.79 Å². The van der Waals surface area contributed by atoms with Gasteiger partial charge >= 0.3 is 5.97 Å². The molecule has 0 aliphatic rings. The van der Waals surface area contributed by atoms with Crippen molar-refractivity contribution >= 4 is 11.9 Å². The van der Waals surface area contributed by atoms with Crippen molar-refractivity contribution in [2.75, 3.05) is 6.61 Å². The summed E-state index contributed by atoms with van der Waals surface area (Å²) in [5, 5.41) is 21.8. The lowest BCUT2D eigenvalue weighted by Crippen LogP contribution is -2.43. The third-order valence-corrected chi connectivity index (χ3v) is 7.32. The smallest absolute Gasteiger partial charge is 0.328 e. The third-order valence-electron chi connectivity index (χ3n) is 7.32. The van der Waals surface area contributed by atoms with Gasteiger partial charge in [0, 0.05) is 12.8 Å². The number of phenols is 2. The van der Waals surface area contributed by atoms with Crippen LogP contribution in [0.2, 0.25) is 0 Å². The number of hydrogen-bond acceptors (Lipinski definition) is 5. The van der Waals surface area contributed by atoms with Gasteiger partial charge in [-0.15, -0.1) is 0 Å². The number of aryl methyl sites for hydroxylation is 1. The van der Waals surface area contributed by atoms with Gasteiger partial charge in [0.25, 0.3) is 0 Å². The molecule has 0 radical (unpaired) electrons. The first kappa shape index (κ1) is 33.2. The fraction of sp³-hybridized carbons (Fsp3) is 0.588. The molecule has 2 rings (SSSR count). The molecule has 0 saturated carbocycles. The number of ether oxygens (including phenoxy) is 1. The lowest BCUT2D eigenvalue weighted by atomic mass is 10.0. The molecule has 0 aliphatic heterocycles. The van der Waals surface area contributed by atoms with Crippen molar-refractivity contribution in [3.8, 4) is 11.5 Å². The summed E-state index contributed by atoms with van der Waals surface area (Å²) in [6, 6.07) is 12.6. The summed E-state index contributed by atoms with van der Waals surface area (Å²) in [5.41, 5.74) is 1.76. The van der Waals surface area contributed by atoms with Crippen LogP contribution < -0.4 is 5.32 Å². The Morgan fingerprint density at radius 3 is 1.62 bits per heavy atom. The molecule has 0 aromatic heterocycles. The second-order valence-electron chi connectivity index (χ2n) is 10.9. The Bertz CT molecular complexity index is 942. The van der Waals surface area contributed by atoms with Gasteiger partial charge in [-0.3, -0.25) is 4.79 Å². The summed E-state index contributed by atoms with van der Waals surface area (Å²) in [7, 11) is 0. The van der Waals surface area contributed by atoms with Crippen LogP contribution in [0.4, 0.5) is 0 Å². The first-order chi connectivity index (χ1) is 19.5. The zero-order valence-electron chi connectivity index (χ0n) is 24.5. The Morgan fingerprint density at radius 1 is 0.675 bits per heavy atom. The Balaban J connectivity index is 1.64. The number of rotatable bonds is 22. The Hall–Kier alpha value is -3.02. The third kappa shape index (κ3) is 15.5. The molecule has 2 aromatic rings. The fourth-order valence-corrected chi connectivity index (χ4v) is 4.82. The fourth-order valence-electron chi connectivity index (χ4n) is 4.82. The van der Waals surface area contributed by atoms with Crippen molar-refractivity contribution in [2.24, 2.45) is 0 Å². The molecular formula is C34H51NO5. The second-order valence-corrected chi connectivity index (χ2v) is 10.9. The summed E-state index contributed by atoms with van der Waals surface area (Å²) in [4.78, 5) is 25.5. The minimum absolute atomic E-state index is 0.151. The van der Waals surface area contributed by atoms with Crippen LogP contribution in [0.5, 0.6) is 11.5 Å². The van der Waals surface area contributed by atoms with E-state index in [0.29, 0.717) is 19.4 Å². The number of unbranched alkanes of at least 4 members (excludes halogenated alkanes) is 13. The number of phenolic OH excluding ortho intramolecular Hbond substituents is 2. The molecule has 1 amide bonds. The van der Waals surface area contributed by atoms with Crippen LogP contribution in [-0.2, 0) is 27.2 Å². The van der Waals surface area contributed by atoms with Gasteiger partial charge in [0.1, 0.15) is 17.5 Å². The van der Waals surface area contributed by atoms with E-state index in [-0.39, 0.29) is 23.8 Å². The summed E-state index contributed by atoms with van der Waals surface area (Å²) in [5.74, 6) is -0.326. The summed E-state index contributed by atoms with van der Waals surface area (Å²) in [6.07, 6.45) is 18.8. The van der Waals surface area contributed by atoms with Gasteiger partial charge < -0.3 is 20.3 Å². The molecule has 6 nitrogen and oxygen atoms in total. The standard InChI is InChI=1S/C34H51NO5/c1-2-3-4-5-6-7-8-9-10-11-12-13-14-15-26-40-34(39)32(27-29-18-23-31(37)24-19-29)35-33(38)25-20-28-16-21-30(36)22-17-28/h16-19,21-24,32,36-37H,2-15,20,25-27H2,1H3,(H,35,38)/t32-/m0/s1. The van der Waals surface area contributed by atoms with Gasteiger partial charge in [-0.1, -0.05) is 115 Å². The summed E-state index contributed by atoms with van der Waals surface area (Å²) in [6.45, 7) is 2.61. The summed E-state index contributed by atoms with van der Waals surface area (Å²) < 4.78 is 5.55. The molecule has 2 aromatic carbocycles. The largest absolute Gasteiger partial charge is 0.508 e. The molecule has 6 heteroatoms. The normalized spacial score (nSPS) is 11.7. The van der Waals surface area contributed by atoms with Crippen LogP contribution in [0, 0.1) is 0 Å². The van der Waals surface area contributed by atoms with E-state index < -0.39 is 12.0 Å². The first-order valence-corrected chi connectivity index (χ1v) is 15.5. The molecule has 3 N–H and O–H groups in total. The van der Waals surface area contributed by atoms with Gasteiger partial charge in [-0.05, 0) is 48.2 Å². The van der Waals surface area contributed by atoms with Crippen molar-refractivity contribution in [3.63, 3.8) is 0 Å². The average molecular weight is 554 g/mol. The Labute approximate surface area is 241 Å². The van der Waals surface area contributed by atoms with Gasteiger partial charge in [0.05, 0.1) is 6.61 Å². The highest BCUT2D eigenvalue weighted by atomic mass is 16.5. The molecule has 222 valence electrons. The molecular weight excluding hydrogens is 502 g/mol. The number of nitrogens with one attached hydrogen (secondary N) is 1. The molecule has 0 saturated heterocycles. The van der Waals surface area contributed by atoms with Crippen LogP contribution >= 0.6 is 0 Å². The second kappa shape index (κ2) is 20.8. The quantitative estimate of drug-likeness (QED) is 0.102. The summed E-state index contributed by atoms with van der Waals surface area (Å²) >= 11 is 0. The van der Waals surface area contributed by atoms with Crippen LogP contribution in [0.3, 0.4) is 0 Å². The van der Waals surface area contributed by atoms with Crippen LogP contribution in [0.15, 0.2) is 48.5 Å². The minimum Gasteiger partial charge on any atom is -0.508 e. The zero-order chi connectivity index (χ0) is 28.8. The van der Waals surface area contributed by atoms with E-state index in [1.54, 1.807) is 48.5 Å². The highest BCUT2D eigenvalue weighted by molar-refractivity contribution is 5.84. The SMILES string of the molecule is CCCCCCCCCCCCCCCCOC(=O)[C@H](Cc1ccc(O)cc1)NC(=O)CCc1ccc(O)cc1. The average Bonchev–Trinajstić information content (AvgIpc) is 2.95. The van der Waals surface area contributed by atoms with Crippen LogP contribution in [0.1, 0.15) is 114 Å². The minimum atomic E-state index is -0.788. The monoisotopic (exact) mass is 553 g/mol. The predicted molar refractivity (Wildman–Crippen MR) is 161 cm³/mol. The maximum atomic E-state index is 12.9. The number of carbonyl (C=O) groups excluding carboxylic acids is 2. The van der Waals surface area contributed by atoms with Gasteiger partial charge in [-0.2, -0.15) is 0 Å². The zero-order valence-corrected chi connectivity index (χ0v) is 24.5. The van der Waals surface area contributed by atoms with E-state index in [4.69, 9.17) is 4.74 Å². The highest BCUT2D eigenvalue weighted by Crippen LogP contribution is 2.15. The molecule has 0 fully saturated rings. The molecule has 0 spiro atoms. The lowest BCUT2D eigenvalue weighted by molar-refractivity contribution is -0.148. The Morgan fingerprint density at radius 2 is 1.12 bits per heavy atom. The maximum Gasteiger partial charge on any atom is 0.328 e. The molecule has 0 bridgehead atoms. The highest BCUT2D eigenvalue weighted by Gasteiger charge is 2.23. The van der Waals surface area contributed by atoms with Crippen LogP contribution in [0.25, 0.3) is 0 Å². The number of carbonyl (C=O) groups is 2. The topological polar surface area (TPSA) is 95.9 Å². The predicted octanol–water partition coefficient (Wildman–Crippen LogP) is 7.78. The lowest BCUT2D eigenvalue weighted by Gasteiger charge is -2.18. The maximum absolute atomic E-state index is 12.9. The van der Waals surface area contributed by atoms with E-state index in [1.807, 2.05) is 0 Å². The van der Waals surface area contributed by atoms with Crippen molar-refractivity contribution in [3.05, 3.63) is 59.7 Å². The molecule has 0 unspecified atom stereocenters. The number of esters is 1. The molecule has 0 aliphatic carbocycles. The van der Waals surface area contributed by atoms with E-state index >= 15 is 0 Å². The van der Waals surface area contributed by atoms with Crippen molar-refractivity contribution in [1.82, 2.24) is 5.32 Å². The number of benzene rings is 2. The van der Waals surface area contributed by atoms with E-state index in [0.717, 1.165) is 30.4 Å². The van der Waals surface area contributed by atoms with Crippen molar-refractivity contribution in [2.45, 2.75) is 122 Å². The molecule has 40 heavy (non-hydrogen) atoms. The molecule has 0 heterocycles.